The van der Waals surface area contributed by atoms with Crippen LogP contribution in [-0.4, -0.2) is 50.8 Å². The van der Waals surface area contributed by atoms with Crippen LogP contribution in [0.5, 0.6) is 0 Å². The van der Waals surface area contributed by atoms with Crippen molar-refractivity contribution in [2.24, 2.45) is 0 Å². The van der Waals surface area contributed by atoms with Gasteiger partial charge in [-0.1, -0.05) is 11.6 Å². The van der Waals surface area contributed by atoms with Gasteiger partial charge < -0.3 is 15.4 Å². The fourth-order valence-corrected chi connectivity index (χ4v) is 4.44. The van der Waals surface area contributed by atoms with Crippen LogP contribution in [0.2, 0.25) is 5.02 Å². The molecule has 10 heteroatoms. The molecule has 2 aromatic rings. The molecule has 1 heterocycles. The van der Waals surface area contributed by atoms with E-state index >= 15 is 0 Å². The van der Waals surface area contributed by atoms with Crippen LogP contribution in [0.3, 0.4) is 0 Å². The van der Waals surface area contributed by atoms with E-state index in [1.165, 1.54) is 41.6 Å². The molecule has 2 aromatic carbocycles. The second-order valence-corrected chi connectivity index (χ2v) is 8.72. The smallest absolute Gasteiger partial charge is 0.255 e. The summed E-state index contributed by atoms with van der Waals surface area (Å²) in [6, 6.07) is 10.4. The van der Waals surface area contributed by atoms with Crippen LogP contribution in [0.15, 0.2) is 47.4 Å². The molecule has 0 bridgehead atoms. The largest absolute Gasteiger partial charge is 0.379 e. The maximum Gasteiger partial charge on any atom is 0.255 e. The van der Waals surface area contributed by atoms with Crippen molar-refractivity contribution in [1.82, 2.24) is 4.31 Å². The van der Waals surface area contributed by atoms with Gasteiger partial charge >= 0.3 is 0 Å². The Morgan fingerprint density at radius 3 is 2.28 bits per heavy atom. The standard InChI is InChI=1S/C19H20ClN3O5S/c1-13(24)21-15-4-7-18(17(20)12-15)22-19(25)14-2-5-16(6-3-14)29(26,27)23-8-10-28-11-9-23/h2-7,12H,8-11H2,1H3,(H,21,24)(H,22,25). The summed E-state index contributed by atoms with van der Waals surface area (Å²) in [4.78, 5) is 23.7. The minimum atomic E-state index is -3.62. The van der Waals surface area contributed by atoms with E-state index in [0.29, 0.717) is 37.7 Å². The molecule has 0 saturated carbocycles. The first kappa shape index (κ1) is 21.3. The Balaban J connectivity index is 1.71. The highest BCUT2D eigenvalue weighted by molar-refractivity contribution is 7.89. The van der Waals surface area contributed by atoms with Gasteiger partial charge in [-0.15, -0.1) is 0 Å². The van der Waals surface area contributed by atoms with Gasteiger partial charge in [-0.05, 0) is 42.5 Å². The summed E-state index contributed by atoms with van der Waals surface area (Å²) in [5, 5.41) is 5.53. The topological polar surface area (TPSA) is 105 Å². The molecule has 2 N–H and O–H groups in total. The number of hydrogen-bond donors (Lipinski definition) is 2. The lowest BCUT2D eigenvalue weighted by atomic mass is 10.2. The van der Waals surface area contributed by atoms with Gasteiger partial charge in [-0.3, -0.25) is 9.59 Å². The molecular weight excluding hydrogens is 418 g/mol. The van der Waals surface area contributed by atoms with Crippen molar-refractivity contribution in [3.63, 3.8) is 0 Å². The minimum Gasteiger partial charge on any atom is -0.379 e. The second kappa shape index (κ2) is 8.91. The zero-order valence-electron chi connectivity index (χ0n) is 15.6. The lowest BCUT2D eigenvalue weighted by Gasteiger charge is -2.26. The zero-order chi connectivity index (χ0) is 21.0. The van der Waals surface area contributed by atoms with Crippen molar-refractivity contribution >= 4 is 44.8 Å². The van der Waals surface area contributed by atoms with Crippen molar-refractivity contribution < 1.29 is 22.7 Å². The van der Waals surface area contributed by atoms with Crippen LogP contribution in [0, 0.1) is 0 Å². The third kappa shape index (κ3) is 5.13. The Morgan fingerprint density at radius 1 is 1.03 bits per heavy atom. The molecule has 0 unspecified atom stereocenters. The molecule has 29 heavy (non-hydrogen) atoms. The van der Waals surface area contributed by atoms with Gasteiger partial charge in [-0.2, -0.15) is 4.31 Å². The van der Waals surface area contributed by atoms with E-state index in [1.54, 1.807) is 12.1 Å². The average Bonchev–Trinajstić information content (AvgIpc) is 2.70. The van der Waals surface area contributed by atoms with Gasteiger partial charge in [0.25, 0.3) is 5.91 Å². The number of anilines is 2. The molecule has 1 fully saturated rings. The summed E-state index contributed by atoms with van der Waals surface area (Å²) < 4.78 is 31.8. The quantitative estimate of drug-likeness (QED) is 0.748. The molecule has 1 aliphatic heterocycles. The molecular formula is C19H20ClN3O5S. The van der Waals surface area contributed by atoms with Crippen LogP contribution >= 0.6 is 11.6 Å². The predicted molar refractivity (Wildman–Crippen MR) is 110 cm³/mol. The van der Waals surface area contributed by atoms with E-state index in [-0.39, 0.29) is 21.4 Å². The van der Waals surface area contributed by atoms with E-state index in [1.807, 2.05) is 0 Å². The lowest BCUT2D eigenvalue weighted by Crippen LogP contribution is -2.40. The minimum absolute atomic E-state index is 0.119. The first-order valence-corrected chi connectivity index (χ1v) is 10.7. The Morgan fingerprint density at radius 2 is 1.69 bits per heavy atom. The summed E-state index contributed by atoms with van der Waals surface area (Å²) in [5.74, 6) is -0.667. The van der Waals surface area contributed by atoms with Crippen molar-refractivity contribution in [2.45, 2.75) is 11.8 Å². The number of nitrogens with one attached hydrogen (secondary N) is 2. The van der Waals surface area contributed by atoms with Gasteiger partial charge in [0.1, 0.15) is 0 Å². The molecule has 0 spiro atoms. The summed E-state index contributed by atoms with van der Waals surface area (Å²) in [6.07, 6.45) is 0. The van der Waals surface area contributed by atoms with Crippen molar-refractivity contribution in [3.8, 4) is 0 Å². The van der Waals surface area contributed by atoms with Gasteiger partial charge in [0.15, 0.2) is 0 Å². The van der Waals surface area contributed by atoms with Crippen LogP contribution in [0.4, 0.5) is 11.4 Å². The number of ether oxygens (including phenoxy) is 1. The molecule has 0 atom stereocenters. The fraction of sp³-hybridized carbons (Fsp3) is 0.263. The van der Waals surface area contributed by atoms with Crippen molar-refractivity contribution in [3.05, 3.63) is 53.1 Å². The highest BCUT2D eigenvalue weighted by Crippen LogP contribution is 2.26. The number of sulfonamides is 1. The molecule has 8 nitrogen and oxygen atoms in total. The molecule has 0 radical (unpaired) electrons. The van der Waals surface area contributed by atoms with Crippen molar-refractivity contribution in [1.29, 1.82) is 0 Å². The highest BCUT2D eigenvalue weighted by Gasteiger charge is 2.26. The normalized spacial score (nSPS) is 15.0. The van der Waals surface area contributed by atoms with Crippen molar-refractivity contribution in [2.75, 3.05) is 36.9 Å². The highest BCUT2D eigenvalue weighted by atomic mass is 35.5. The molecule has 0 aliphatic carbocycles. The summed E-state index contributed by atoms with van der Waals surface area (Å²) >= 11 is 6.15. The SMILES string of the molecule is CC(=O)Nc1ccc(NC(=O)c2ccc(S(=O)(=O)N3CCOCC3)cc2)c(Cl)c1. The number of halogens is 1. The van der Waals surface area contributed by atoms with Gasteiger partial charge in [0.2, 0.25) is 15.9 Å². The van der Waals surface area contributed by atoms with E-state index in [4.69, 9.17) is 16.3 Å². The second-order valence-electron chi connectivity index (χ2n) is 6.37. The molecule has 2 amide bonds. The van der Waals surface area contributed by atoms with E-state index in [0.717, 1.165) is 0 Å². The number of carbonyl (C=O) groups is 2. The summed E-state index contributed by atoms with van der Waals surface area (Å²) in [7, 11) is -3.62. The molecule has 3 rings (SSSR count). The number of hydrogen-bond acceptors (Lipinski definition) is 5. The van der Waals surface area contributed by atoms with Crippen LogP contribution in [0.25, 0.3) is 0 Å². The summed E-state index contributed by atoms with van der Waals surface area (Å²) in [6.45, 7) is 2.71. The molecule has 1 saturated heterocycles. The number of rotatable bonds is 5. The predicted octanol–water partition coefficient (Wildman–Crippen LogP) is 2.57. The Bertz CT molecular complexity index is 1020. The van der Waals surface area contributed by atoms with E-state index in [2.05, 4.69) is 10.6 Å². The first-order valence-electron chi connectivity index (χ1n) is 8.84. The number of amides is 2. The van der Waals surface area contributed by atoms with Gasteiger partial charge in [0.05, 0.1) is 28.8 Å². The van der Waals surface area contributed by atoms with Crippen LogP contribution in [-0.2, 0) is 19.6 Å². The Kier molecular flexibility index (Phi) is 6.53. The van der Waals surface area contributed by atoms with Crippen LogP contribution in [0.1, 0.15) is 17.3 Å². The maximum atomic E-state index is 12.6. The molecule has 1 aliphatic rings. The Hall–Kier alpha value is -2.46. The number of carbonyl (C=O) groups excluding carboxylic acids is 2. The first-order chi connectivity index (χ1) is 13.8. The monoisotopic (exact) mass is 437 g/mol. The third-order valence-corrected chi connectivity index (χ3v) is 6.49. The zero-order valence-corrected chi connectivity index (χ0v) is 17.2. The van der Waals surface area contributed by atoms with Gasteiger partial charge in [0, 0.05) is 31.3 Å². The van der Waals surface area contributed by atoms with Crippen LogP contribution < -0.4 is 10.6 Å². The van der Waals surface area contributed by atoms with Gasteiger partial charge in [-0.25, -0.2) is 8.42 Å². The molecule has 154 valence electrons. The van der Waals surface area contributed by atoms with E-state index < -0.39 is 15.9 Å². The third-order valence-electron chi connectivity index (χ3n) is 4.26. The number of morpholine rings is 1. The molecule has 0 aromatic heterocycles. The number of nitrogens with zero attached hydrogens (tertiary/aromatic N) is 1. The fourth-order valence-electron chi connectivity index (χ4n) is 2.81. The average molecular weight is 438 g/mol. The summed E-state index contributed by atoms with van der Waals surface area (Å²) in [5.41, 5.74) is 1.17. The van der Waals surface area contributed by atoms with E-state index in [9.17, 15) is 18.0 Å². The number of benzene rings is 2. The lowest BCUT2D eigenvalue weighted by molar-refractivity contribution is -0.114. The Labute approximate surface area is 173 Å². The maximum absolute atomic E-state index is 12.6.